The highest BCUT2D eigenvalue weighted by Crippen LogP contribution is 2.39. The summed E-state index contributed by atoms with van der Waals surface area (Å²) in [5.74, 6) is 0.671. The zero-order chi connectivity index (χ0) is 10.1. The number of aromatic nitrogens is 2. The van der Waals surface area contributed by atoms with Gasteiger partial charge in [-0.25, -0.2) is 0 Å². The first-order chi connectivity index (χ1) is 6.66. The predicted molar refractivity (Wildman–Crippen MR) is 48.6 cm³/mol. The number of anilines is 1. The fourth-order valence-electron chi connectivity index (χ4n) is 1.000. The van der Waals surface area contributed by atoms with Crippen LogP contribution in [0.5, 0.6) is 0 Å². The summed E-state index contributed by atoms with van der Waals surface area (Å²) in [5, 5.41) is 9.95. The highest BCUT2D eigenvalue weighted by atomic mass is 16.4. The second kappa shape index (κ2) is 3.38. The highest BCUT2D eigenvalue weighted by Gasteiger charge is 2.29. The van der Waals surface area contributed by atoms with Crippen LogP contribution < -0.4 is 11.1 Å². The van der Waals surface area contributed by atoms with Gasteiger partial charge >= 0.3 is 6.01 Å². The van der Waals surface area contributed by atoms with E-state index in [1.54, 1.807) is 6.92 Å². The molecule has 14 heavy (non-hydrogen) atoms. The van der Waals surface area contributed by atoms with E-state index in [1.807, 2.05) is 0 Å². The molecule has 76 valence electrons. The Hall–Kier alpha value is -1.43. The molecule has 3 N–H and O–H groups in total. The van der Waals surface area contributed by atoms with Gasteiger partial charge in [-0.2, -0.15) is 0 Å². The second-order valence-electron chi connectivity index (χ2n) is 3.50. The van der Waals surface area contributed by atoms with Crippen LogP contribution in [-0.4, -0.2) is 22.1 Å². The van der Waals surface area contributed by atoms with Crippen LogP contribution in [0.25, 0.3) is 0 Å². The lowest BCUT2D eigenvalue weighted by atomic mass is 10.3. The van der Waals surface area contributed by atoms with E-state index in [1.165, 1.54) is 0 Å². The van der Waals surface area contributed by atoms with E-state index in [-0.39, 0.29) is 11.9 Å². The summed E-state index contributed by atoms with van der Waals surface area (Å²) < 4.78 is 5.22. The third-order valence-corrected chi connectivity index (χ3v) is 2.01. The molecule has 1 aromatic rings. The van der Waals surface area contributed by atoms with Gasteiger partial charge in [0, 0.05) is 5.92 Å². The smallest absolute Gasteiger partial charge is 0.322 e. The van der Waals surface area contributed by atoms with E-state index < -0.39 is 6.04 Å². The third-order valence-electron chi connectivity index (χ3n) is 2.01. The average molecular weight is 196 g/mol. The van der Waals surface area contributed by atoms with Crippen molar-refractivity contribution in [3.63, 3.8) is 0 Å². The number of nitrogens with zero attached hydrogens (tertiary/aromatic N) is 2. The van der Waals surface area contributed by atoms with Gasteiger partial charge in [-0.15, -0.1) is 5.10 Å². The van der Waals surface area contributed by atoms with Crippen molar-refractivity contribution in [3.8, 4) is 0 Å². The van der Waals surface area contributed by atoms with Gasteiger partial charge in [0.15, 0.2) is 0 Å². The molecule has 0 aromatic carbocycles. The molecule has 1 aromatic heterocycles. The van der Waals surface area contributed by atoms with Gasteiger partial charge in [-0.3, -0.25) is 10.1 Å². The molecule has 1 saturated carbocycles. The summed E-state index contributed by atoms with van der Waals surface area (Å²) in [6.45, 7) is 1.59. The lowest BCUT2D eigenvalue weighted by Gasteiger charge is -2.01. The minimum absolute atomic E-state index is 0.134. The molecule has 1 aliphatic carbocycles. The van der Waals surface area contributed by atoms with E-state index in [9.17, 15) is 4.79 Å². The molecule has 1 atom stereocenters. The van der Waals surface area contributed by atoms with E-state index >= 15 is 0 Å². The summed E-state index contributed by atoms with van der Waals surface area (Å²) >= 11 is 0. The fourth-order valence-corrected chi connectivity index (χ4v) is 1.000. The maximum absolute atomic E-state index is 11.1. The molecule has 0 bridgehead atoms. The topological polar surface area (TPSA) is 94.0 Å². The van der Waals surface area contributed by atoms with Crippen LogP contribution in [0.15, 0.2) is 4.42 Å². The van der Waals surface area contributed by atoms with Gasteiger partial charge in [-0.05, 0) is 19.8 Å². The summed E-state index contributed by atoms with van der Waals surface area (Å²) in [6, 6.07) is -0.444. The number of hydrogen-bond acceptors (Lipinski definition) is 5. The average Bonchev–Trinajstić information content (AvgIpc) is 2.88. The highest BCUT2D eigenvalue weighted by molar-refractivity contribution is 5.92. The number of rotatable bonds is 3. The second-order valence-corrected chi connectivity index (χ2v) is 3.50. The van der Waals surface area contributed by atoms with Crippen molar-refractivity contribution >= 4 is 11.9 Å². The van der Waals surface area contributed by atoms with Crippen LogP contribution in [0.4, 0.5) is 6.01 Å². The Labute approximate surface area is 80.9 Å². The van der Waals surface area contributed by atoms with Crippen LogP contribution in [0, 0.1) is 0 Å². The van der Waals surface area contributed by atoms with Gasteiger partial charge in [0.2, 0.25) is 11.8 Å². The molecule has 1 aliphatic rings. The zero-order valence-electron chi connectivity index (χ0n) is 7.86. The molecule has 0 radical (unpaired) electrons. The van der Waals surface area contributed by atoms with Gasteiger partial charge in [-0.1, -0.05) is 5.10 Å². The lowest BCUT2D eigenvalue weighted by molar-refractivity contribution is -0.117. The van der Waals surface area contributed by atoms with E-state index in [0.717, 1.165) is 12.8 Å². The Kier molecular flexibility index (Phi) is 2.20. The number of carbonyl (C=O) groups excluding carboxylic acids is 1. The van der Waals surface area contributed by atoms with Crippen molar-refractivity contribution in [2.24, 2.45) is 5.73 Å². The molecule has 0 spiro atoms. The molecule has 0 aliphatic heterocycles. The fraction of sp³-hybridized carbons (Fsp3) is 0.625. The van der Waals surface area contributed by atoms with Crippen molar-refractivity contribution in [3.05, 3.63) is 5.89 Å². The summed E-state index contributed by atoms with van der Waals surface area (Å²) in [5.41, 5.74) is 5.36. The maximum Gasteiger partial charge on any atom is 0.322 e. The SMILES string of the molecule is C[C@@H](N)C(=O)Nc1nnc(C2CC2)o1. The molecule has 0 saturated heterocycles. The quantitative estimate of drug-likeness (QED) is 0.721. The van der Waals surface area contributed by atoms with Crippen LogP contribution >= 0.6 is 0 Å². The molecule has 6 heteroatoms. The molecular weight excluding hydrogens is 184 g/mol. The third kappa shape index (κ3) is 1.90. The van der Waals surface area contributed by atoms with Crippen molar-refractivity contribution in [1.29, 1.82) is 0 Å². The van der Waals surface area contributed by atoms with Crippen molar-refractivity contribution in [2.45, 2.75) is 31.7 Å². The Bertz CT molecular complexity index is 343. The number of nitrogens with one attached hydrogen (secondary N) is 1. The number of nitrogens with two attached hydrogens (primary N) is 1. The van der Waals surface area contributed by atoms with E-state index in [2.05, 4.69) is 15.5 Å². The molecule has 0 unspecified atom stereocenters. The Morgan fingerprint density at radius 3 is 2.93 bits per heavy atom. The van der Waals surface area contributed by atoms with E-state index in [0.29, 0.717) is 11.8 Å². The van der Waals surface area contributed by atoms with Crippen LogP contribution in [-0.2, 0) is 4.79 Å². The number of amides is 1. The predicted octanol–water partition coefficient (Wildman–Crippen LogP) is 0.233. The molecule has 1 heterocycles. The van der Waals surface area contributed by atoms with Crippen LogP contribution in [0.3, 0.4) is 0 Å². The Balaban J connectivity index is 1.99. The van der Waals surface area contributed by atoms with Gasteiger partial charge in [0.25, 0.3) is 0 Å². The largest absolute Gasteiger partial charge is 0.408 e. The first-order valence-corrected chi connectivity index (χ1v) is 4.56. The molecule has 1 fully saturated rings. The van der Waals surface area contributed by atoms with Gasteiger partial charge in [0.1, 0.15) is 0 Å². The van der Waals surface area contributed by atoms with Crippen molar-refractivity contribution in [1.82, 2.24) is 10.2 Å². The van der Waals surface area contributed by atoms with Gasteiger partial charge in [0.05, 0.1) is 6.04 Å². The molecule has 1 amide bonds. The number of carbonyl (C=O) groups is 1. The normalized spacial score (nSPS) is 17.9. The first-order valence-electron chi connectivity index (χ1n) is 4.56. The summed E-state index contributed by atoms with van der Waals surface area (Å²) in [4.78, 5) is 11.1. The van der Waals surface area contributed by atoms with Crippen molar-refractivity contribution < 1.29 is 9.21 Å². The first kappa shape index (κ1) is 9.14. The molecule has 2 rings (SSSR count). The molecular formula is C8H12N4O2. The number of hydrogen-bond donors (Lipinski definition) is 2. The van der Waals surface area contributed by atoms with Crippen LogP contribution in [0.1, 0.15) is 31.6 Å². The zero-order valence-corrected chi connectivity index (χ0v) is 7.86. The van der Waals surface area contributed by atoms with Gasteiger partial charge < -0.3 is 10.2 Å². The minimum atomic E-state index is -0.578. The Morgan fingerprint density at radius 2 is 2.36 bits per heavy atom. The van der Waals surface area contributed by atoms with E-state index in [4.69, 9.17) is 10.2 Å². The minimum Gasteiger partial charge on any atom is -0.408 e. The monoisotopic (exact) mass is 196 g/mol. The summed E-state index contributed by atoms with van der Waals surface area (Å²) in [6.07, 6.45) is 2.17. The molecule has 6 nitrogen and oxygen atoms in total. The lowest BCUT2D eigenvalue weighted by Crippen LogP contribution is -2.32. The maximum atomic E-state index is 11.1. The van der Waals surface area contributed by atoms with Crippen LogP contribution in [0.2, 0.25) is 0 Å². The standard InChI is InChI=1S/C8H12N4O2/c1-4(9)6(13)10-8-12-11-7(14-8)5-2-3-5/h4-5H,2-3,9H2,1H3,(H,10,12,13)/t4-/m1/s1. The Morgan fingerprint density at radius 1 is 1.64 bits per heavy atom. The summed E-state index contributed by atoms with van der Waals surface area (Å²) in [7, 11) is 0. The van der Waals surface area contributed by atoms with Crippen molar-refractivity contribution in [2.75, 3.05) is 5.32 Å².